The minimum absolute atomic E-state index is 0.173. The van der Waals surface area contributed by atoms with Gasteiger partial charge in [0.25, 0.3) is 10.0 Å². The molecule has 0 unspecified atom stereocenters. The van der Waals surface area contributed by atoms with E-state index in [4.69, 9.17) is 11.6 Å². The number of halogens is 1. The van der Waals surface area contributed by atoms with Crippen molar-refractivity contribution in [2.24, 2.45) is 0 Å². The number of anilines is 2. The van der Waals surface area contributed by atoms with Crippen LogP contribution in [0.3, 0.4) is 0 Å². The molecule has 2 aromatic rings. The van der Waals surface area contributed by atoms with E-state index in [1.165, 1.54) is 12.3 Å². The van der Waals surface area contributed by atoms with Gasteiger partial charge in [0, 0.05) is 18.1 Å². The molecular weight excluding hydrogens is 334 g/mol. The lowest BCUT2D eigenvalue weighted by atomic mass is 10.2. The van der Waals surface area contributed by atoms with Crippen LogP contribution in [0, 0.1) is 6.92 Å². The van der Waals surface area contributed by atoms with Gasteiger partial charge < -0.3 is 4.90 Å². The Balaban J connectivity index is 2.22. The van der Waals surface area contributed by atoms with E-state index in [1.807, 2.05) is 13.8 Å². The zero-order chi connectivity index (χ0) is 17.0. The number of aryl methyl sites for hydroxylation is 1. The number of benzene rings is 1. The Morgan fingerprint density at radius 1 is 1.17 bits per heavy atom. The molecule has 124 valence electrons. The fourth-order valence-corrected chi connectivity index (χ4v) is 3.43. The number of rotatable bonds is 6. The van der Waals surface area contributed by atoms with Crippen molar-refractivity contribution in [3.8, 4) is 0 Å². The molecule has 0 fully saturated rings. The van der Waals surface area contributed by atoms with E-state index in [9.17, 15) is 8.42 Å². The van der Waals surface area contributed by atoms with E-state index >= 15 is 0 Å². The fourth-order valence-electron chi connectivity index (χ4n) is 2.18. The van der Waals surface area contributed by atoms with Crippen LogP contribution in [-0.4, -0.2) is 26.5 Å². The third kappa shape index (κ3) is 4.14. The zero-order valence-corrected chi connectivity index (χ0v) is 14.9. The van der Waals surface area contributed by atoms with E-state index in [-0.39, 0.29) is 4.90 Å². The Hall–Kier alpha value is -1.79. The van der Waals surface area contributed by atoms with E-state index in [1.54, 1.807) is 31.2 Å². The first-order chi connectivity index (χ1) is 10.9. The van der Waals surface area contributed by atoms with Crippen LogP contribution in [-0.2, 0) is 10.0 Å². The molecule has 0 aliphatic carbocycles. The first-order valence-corrected chi connectivity index (χ1v) is 9.23. The predicted molar refractivity (Wildman–Crippen MR) is 94.8 cm³/mol. The van der Waals surface area contributed by atoms with Crippen molar-refractivity contribution in [3.05, 3.63) is 47.1 Å². The Bertz CT molecular complexity index is 772. The maximum Gasteiger partial charge on any atom is 0.261 e. The molecule has 7 heteroatoms. The third-order valence-electron chi connectivity index (χ3n) is 3.53. The van der Waals surface area contributed by atoms with Crippen molar-refractivity contribution in [1.29, 1.82) is 0 Å². The molecule has 1 heterocycles. The summed E-state index contributed by atoms with van der Waals surface area (Å²) >= 11 is 5.94. The minimum atomic E-state index is -3.66. The summed E-state index contributed by atoms with van der Waals surface area (Å²) in [7, 11) is -3.66. The van der Waals surface area contributed by atoms with Crippen LogP contribution in [0.4, 0.5) is 11.5 Å². The molecule has 0 saturated carbocycles. The molecule has 2 rings (SSSR count). The first-order valence-electron chi connectivity index (χ1n) is 7.37. The lowest BCUT2D eigenvalue weighted by molar-refractivity contribution is 0.601. The molecule has 0 spiro atoms. The van der Waals surface area contributed by atoms with Crippen molar-refractivity contribution in [1.82, 2.24) is 4.98 Å². The molecule has 0 radical (unpaired) electrons. The largest absolute Gasteiger partial charge is 0.357 e. The van der Waals surface area contributed by atoms with Crippen molar-refractivity contribution >= 4 is 33.1 Å². The number of hydrogen-bond acceptors (Lipinski definition) is 4. The maximum atomic E-state index is 12.4. The highest BCUT2D eigenvalue weighted by molar-refractivity contribution is 7.92. The normalized spacial score (nSPS) is 11.3. The lowest BCUT2D eigenvalue weighted by Crippen LogP contribution is -2.22. The second-order valence-corrected chi connectivity index (χ2v) is 7.18. The van der Waals surface area contributed by atoms with Crippen molar-refractivity contribution in [3.63, 3.8) is 0 Å². The second-order valence-electron chi connectivity index (χ2n) is 5.09. The fraction of sp³-hybridized carbons (Fsp3) is 0.312. The molecule has 0 saturated heterocycles. The molecule has 0 aliphatic heterocycles. The first kappa shape index (κ1) is 17.6. The van der Waals surface area contributed by atoms with Crippen LogP contribution < -0.4 is 9.62 Å². The average molecular weight is 354 g/mol. The Morgan fingerprint density at radius 3 is 2.39 bits per heavy atom. The number of hydrogen-bond donors (Lipinski definition) is 1. The summed E-state index contributed by atoms with van der Waals surface area (Å²) in [6.07, 6.45) is 1.52. The minimum Gasteiger partial charge on any atom is -0.357 e. The molecule has 23 heavy (non-hydrogen) atoms. The molecule has 1 N–H and O–H groups in total. The maximum absolute atomic E-state index is 12.4. The summed E-state index contributed by atoms with van der Waals surface area (Å²) in [6.45, 7) is 7.55. The van der Waals surface area contributed by atoms with Gasteiger partial charge >= 0.3 is 0 Å². The molecule has 1 aromatic heterocycles. The highest BCUT2D eigenvalue weighted by Crippen LogP contribution is 2.22. The highest BCUT2D eigenvalue weighted by atomic mass is 35.5. The summed E-state index contributed by atoms with van der Waals surface area (Å²) in [5, 5.41) is 0.536. The molecule has 0 bridgehead atoms. The number of sulfonamides is 1. The topological polar surface area (TPSA) is 62.3 Å². The summed E-state index contributed by atoms with van der Waals surface area (Å²) in [6, 6.07) is 8.11. The Labute approximate surface area is 142 Å². The SMILES string of the molecule is CCN(CC)c1ccc(NS(=O)(=O)c2ccc(Cl)c(C)c2)cn1. The zero-order valence-electron chi connectivity index (χ0n) is 13.4. The standard InChI is InChI=1S/C16H20ClN3O2S/c1-4-20(5-2)16-9-6-13(11-18-16)19-23(21,22)14-7-8-15(17)12(3)10-14/h6-11,19H,4-5H2,1-3H3. The van der Waals surface area contributed by atoms with Crippen molar-refractivity contribution in [2.75, 3.05) is 22.7 Å². The van der Waals surface area contributed by atoms with Crippen molar-refractivity contribution < 1.29 is 8.42 Å². The van der Waals surface area contributed by atoms with E-state index < -0.39 is 10.0 Å². The Morgan fingerprint density at radius 2 is 1.87 bits per heavy atom. The van der Waals surface area contributed by atoms with Gasteiger partial charge in [-0.15, -0.1) is 0 Å². The highest BCUT2D eigenvalue weighted by Gasteiger charge is 2.15. The van der Waals surface area contributed by atoms with Crippen molar-refractivity contribution in [2.45, 2.75) is 25.7 Å². The quantitative estimate of drug-likeness (QED) is 0.860. The molecule has 1 aromatic carbocycles. The molecule has 0 amide bonds. The summed E-state index contributed by atoms with van der Waals surface area (Å²) in [4.78, 5) is 6.57. The van der Waals surface area contributed by atoms with Gasteiger partial charge in [0.05, 0.1) is 16.8 Å². The predicted octanol–water partition coefficient (Wildman–Crippen LogP) is 3.69. The van der Waals surface area contributed by atoms with Gasteiger partial charge in [-0.05, 0) is 56.7 Å². The van der Waals surface area contributed by atoms with Gasteiger partial charge in [0.2, 0.25) is 0 Å². The summed E-state index contributed by atoms with van der Waals surface area (Å²) in [5.41, 5.74) is 1.14. The second kappa shape index (κ2) is 7.19. The van der Waals surface area contributed by atoms with Gasteiger partial charge in [-0.1, -0.05) is 11.6 Å². The summed E-state index contributed by atoms with van der Waals surface area (Å²) in [5.74, 6) is 0.820. The van der Waals surface area contributed by atoms with Crippen LogP contribution in [0.5, 0.6) is 0 Å². The average Bonchev–Trinajstić information content (AvgIpc) is 2.52. The van der Waals surface area contributed by atoms with Crippen LogP contribution in [0.1, 0.15) is 19.4 Å². The van der Waals surface area contributed by atoms with E-state index in [2.05, 4.69) is 14.6 Å². The number of aromatic nitrogens is 1. The van der Waals surface area contributed by atoms with E-state index in [0.717, 1.165) is 18.9 Å². The number of nitrogens with zero attached hydrogens (tertiary/aromatic N) is 2. The van der Waals surface area contributed by atoms with Gasteiger partial charge in [0.15, 0.2) is 0 Å². The van der Waals surface area contributed by atoms with Crippen LogP contribution in [0.15, 0.2) is 41.4 Å². The Kier molecular flexibility index (Phi) is 5.49. The molecule has 0 aliphatic rings. The monoisotopic (exact) mass is 353 g/mol. The van der Waals surface area contributed by atoms with E-state index in [0.29, 0.717) is 16.3 Å². The molecular formula is C16H20ClN3O2S. The van der Waals surface area contributed by atoms with Gasteiger partial charge in [-0.2, -0.15) is 0 Å². The van der Waals surface area contributed by atoms with Gasteiger partial charge in [-0.3, -0.25) is 4.72 Å². The smallest absolute Gasteiger partial charge is 0.261 e. The molecule has 5 nitrogen and oxygen atoms in total. The van der Waals surface area contributed by atoms with Gasteiger partial charge in [-0.25, -0.2) is 13.4 Å². The van der Waals surface area contributed by atoms with Crippen LogP contribution in [0.2, 0.25) is 5.02 Å². The lowest BCUT2D eigenvalue weighted by Gasteiger charge is -2.19. The van der Waals surface area contributed by atoms with Crippen LogP contribution >= 0.6 is 11.6 Å². The third-order valence-corrected chi connectivity index (χ3v) is 5.33. The molecule has 0 atom stereocenters. The number of pyridine rings is 1. The number of nitrogens with one attached hydrogen (secondary N) is 1. The van der Waals surface area contributed by atoms with Gasteiger partial charge in [0.1, 0.15) is 5.82 Å². The summed E-state index contributed by atoms with van der Waals surface area (Å²) < 4.78 is 27.3. The van der Waals surface area contributed by atoms with Crippen LogP contribution in [0.25, 0.3) is 0 Å².